The van der Waals surface area contributed by atoms with E-state index in [1.54, 1.807) is 7.05 Å². The molecule has 2 aromatic rings. The lowest BCUT2D eigenvalue weighted by Crippen LogP contribution is -2.55. The van der Waals surface area contributed by atoms with Gasteiger partial charge in [0.25, 0.3) is 5.91 Å². The van der Waals surface area contributed by atoms with Gasteiger partial charge in [0.1, 0.15) is 17.6 Å². The van der Waals surface area contributed by atoms with E-state index in [9.17, 15) is 4.79 Å². The van der Waals surface area contributed by atoms with Crippen molar-refractivity contribution in [3.05, 3.63) is 48.2 Å². The third-order valence-electron chi connectivity index (χ3n) is 5.45. The summed E-state index contributed by atoms with van der Waals surface area (Å²) in [5.41, 5.74) is 1.06. The van der Waals surface area contributed by atoms with Crippen molar-refractivity contribution in [3.63, 3.8) is 0 Å². The van der Waals surface area contributed by atoms with Crippen molar-refractivity contribution in [3.8, 4) is 11.3 Å². The molecule has 7 nitrogen and oxygen atoms in total. The number of guanidine groups is 1. The number of carbonyl (C=O) groups is 1. The molecule has 3 heterocycles. The largest absolute Gasteiger partial charge is 0.459 e. The van der Waals surface area contributed by atoms with Gasteiger partial charge in [0, 0.05) is 45.4 Å². The Balaban J connectivity index is 0.00000256. The number of benzene rings is 1. The van der Waals surface area contributed by atoms with Gasteiger partial charge in [-0.15, -0.1) is 24.0 Å². The number of hydrogen-bond acceptors (Lipinski definition) is 4. The number of furan rings is 1. The molecule has 0 aliphatic carbocycles. The van der Waals surface area contributed by atoms with Crippen LogP contribution in [0.5, 0.6) is 0 Å². The Labute approximate surface area is 194 Å². The van der Waals surface area contributed by atoms with Crippen molar-refractivity contribution >= 4 is 35.8 Å². The van der Waals surface area contributed by atoms with Gasteiger partial charge in [-0.2, -0.15) is 0 Å². The summed E-state index contributed by atoms with van der Waals surface area (Å²) >= 11 is 0. The van der Waals surface area contributed by atoms with Crippen LogP contribution in [0, 0.1) is 0 Å². The zero-order valence-corrected chi connectivity index (χ0v) is 19.6. The van der Waals surface area contributed by atoms with Crippen LogP contribution in [-0.2, 0) is 16.1 Å². The summed E-state index contributed by atoms with van der Waals surface area (Å²) < 4.78 is 11.5. The fraction of sp³-hybridized carbons (Fsp3) is 0.455. The average molecular weight is 524 g/mol. The van der Waals surface area contributed by atoms with E-state index in [0.717, 1.165) is 49.0 Å². The molecular formula is C22H29IN4O3. The molecule has 1 N–H and O–H groups in total. The Kier molecular flexibility index (Phi) is 8.15. The average Bonchev–Trinajstić information content (AvgIpc) is 3.47. The first-order valence-corrected chi connectivity index (χ1v) is 10.2. The summed E-state index contributed by atoms with van der Waals surface area (Å²) in [6.07, 6.45) is 1.58. The SMILES string of the molecule is CN=C(NCc1ccc(-c2ccccc2)o1)N1CCN(C(=O)C2CCCO2)CC1.I. The zero-order valence-electron chi connectivity index (χ0n) is 17.3. The standard InChI is InChI=1S/C22H28N4O3.HI/c1-23-22(24-16-18-9-10-19(29-18)17-6-3-2-4-7-17)26-13-11-25(12-14-26)21(27)20-8-5-15-28-20;/h2-4,6-7,9-10,20H,5,8,11-16H2,1H3,(H,23,24);1H. The molecule has 162 valence electrons. The molecular weight excluding hydrogens is 495 g/mol. The van der Waals surface area contributed by atoms with Crippen molar-refractivity contribution in [2.24, 2.45) is 4.99 Å². The number of amides is 1. The van der Waals surface area contributed by atoms with Gasteiger partial charge >= 0.3 is 0 Å². The third kappa shape index (κ3) is 5.34. The maximum absolute atomic E-state index is 12.5. The lowest BCUT2D eigenvalue weighted by atomic mass is 10.2. The zero-order chi connectivity index (χ0) is 20.1. The predicted octanol–water partition coefficient (Wildman–Crippen LogP) is 2.96. The van der Waals surface area contributed by atoms with Crippen molar-refractivity contribution in [2.75, 3.05) is 39.8 Å². The Hall–Kier alpha value is -2.07. The first kappa shape index (κ1) is 22.6. The highest BCUT2D eigenvalue weighted by atomic mass is 127. The van der Waals surface area contributed by atoms with Crippen LogP contribution >= 0.6 is 24.0 Å². The van der Waals surface area contributed by atoms with Crippen LogP contribution < -0.4 is 5.32 Å². The number of rotatable bonds is 4. The van der Waals surface area contributed by atoms with Crippen LogP contribution in [0.15, 0.2) is 51.9 Å². The van der Waals surface area contributed by atoms with E-state index in [-0.39, 0.29) is 36.0 Å². The number of carbonyl (C=O) groups excluding carboxylic acids is 1. The van der Waals surface area contributed by atoms with Crippen molar-refractivity contribution in [1.29, 1.82) is 0 Å². The molecule has 2 saturated heterocycles. The van der Waals surface area contributed by atoms with Crippen molar-refractivity contribution in [2.45, 2.75) is 25.5 Å². The summed E-state index contributed by atoms with van der Waals surface area (Å²) in [4.78, 5) is 21.0. The van der Waals surface area contributed by atoms with Gasteiger partial charge in [-0.1, -0.05) is 30.3 Å². The number of halogens is 1. The van der Waals surface area contributed by atoms with E-state index in [2.05, 4.69) is 15.2 Å². The van der Waals surface area contributed by atoms with Crippen LogP contribution in [0.4, 0.5) is 0 Å². The maximum atomic E-state index is 12.5. The number of nitrogens with one attached hydrogen (secondary N) is 1. The van der Waals surface area contributed by atoms with Crippen molar-refractivity contribution < 1.29 is 13.9 Å². The summed E-state index contributed by atoms with van der Waals surface area (Å²) in [6.45, 7) is 4.16. The molecule has 0 saturated carbocycles. The Morgan fingerprint density at radius 1 is 1.10 bits per heavy atom. The number of nitrogens with zero attached hydrogens (tertiary/aromatic N) is 3. The van der Waals surface area contributed by atoms with Crippen LogP contribution in [0.1, 0.15) is 18.6 Å². The van der Waals surface area contributed by atoms with Crippen LogP contribution in [0.2, 0.25) is 0 Å². The molecule has 4 rings (SSSR count). The molecule has 1 atom stereocenters. The topological polar surface area (TPSA) is 70.3 Å². The van der Waals surface area contributed by atoms with Crippen molar-refractivity contribution in [1.82, 2.24) is 15.1 Å². The Morgan fingerprint density at radius 3 is 2.50 bits per heavy atom. The molecule has 1 aromatic heterocycles. The molecule has 0 radical (unpaired) electrons. The Morgan fingerprint density at radius 2 is 1.83 bits per heavy atom. The molecule has 2 aliphatic rings. The van der Waals surface area contributed by atoms with Gasteiger partial charge in [0.05, 0.1) is 6.54 Å². The minimum atomic E-state index is -0.239. The summed E-state index contributed by atoms with van der Waals surface area (Å²) in [7, 11) is 1.78. The second kappa shape index (κ2) is 10.8. The van der Waals surface area contributed by atoms with Gasteiger partial charge in [-0.05, 0) is 25.0 Å². The molecule has 8 heteroatoms. The summed E-state index contributed by atoms with van der Waals surface area (Å²) in [5, 5.41) is 3.37. The molecule has 1 unspecified atom stereocenters. The highest BCUT2D eigenvalue weighted by Gasteiger charge is 2.30. The summed E-state index contributed by atoms with van der Waals surface area (Å²) in [6, 6.07) is 14.0. The van der Waals surface area contributed by atoms with Crippen LogP contribution in [-0.4, -0.2) is 67.6 Å². The molecule has 0 spiro atoms. The van der Waals surface area contributed by atoms with Crippen LogP contribution in [0.3, 0.4) is 0 Å². The van der Waals surface area contributed by atoms with E-state index < -0.39 is 0 Å². The molecule has 2 aliphatic heterocycles. The second-order valence-corrected chi connectivity index (χ2v) is 7.35. The quantitative estimate of drug-likeness (QED) is 0.379. The van der Waals surface area contributed by atoms with Gasteiger partial charge in [0.2, 0.25) is 0 Å². The fourth-order valence-electron chi connectivity index (χ4n) is 3.84. The highest BCUT2D eigenvalue weighted by Crippen LogP contribution is 2.21. The molecule has 1 amide bonds. The normalized spacial score (nSPS) is 19.5. The number of aliphatic imine (C=N–C) groups is 1. The number of piperazine rings is 1. The minimum Gasteiger partial charge on any atom is -0.459 e. The maximum Gasteiger partial charge on any atom is 0.251 e. The van der Waals surface area contributed by atoms with E-state index in [1.165, 1.54) is 0 Å². The monoisotopic (exact) mass is 524 g/mol. The van der Waals surface area contributed by atoms with Gasteiger partial charge in [-0.3, -0.25) is 9.79 Å². The van der Waals surface area contributed by atoms with Gasteiger partial charge in [-0.25, -0.2) is 0 Å². The van der Waals surface area contributed by atoms with E-state index >= 15 is 0 Å². The predicted molar refractivity (Wildman–Crippen MR) is 127 cm³/mol. The first-order valence-electron chi connectivity index (χ1n) is 10.2. The van der Waals surface area contributed by atoms with Gasteiger partial charge in [0.15, 0.2) is 5.96 Å². The molecule has 1 aromatic carbocycles. The van der Waals surface area contributed by atoms with Gasteiger partial charge < -0.3 is 24.3 Å². The first-order chi connectivity index (χ1) is 14.2. The molecule has 2 fully saturated rings. The summed E-state index contributed by atoms with van der Waals surface area (Å²) in [5.74, 6) is 2.68. The van der Waals surface area contributed by atoms with E-state index in [0.29, 0.717) is 26.2 Å². The molecule has 30 heavy (non-hydrogen) atoms. The second-order valence-electron chi connectivity index (χ2n) is 7.35. The lowest BCUT2D eigenvalue weighted by molar-refractivity contribution is -0.142. The number of ether oxygens (including phenoxy) is 1. The van der Waals surface area contributed by atoms with E-state index in [1.807, 2.05) is 47.4 Å². The number of hydrogen-bond donors (Lipinski definition) is 1. The third-order valence-corrected chi connectivity index (χ3v) is 5.45. The fourth-order valence-corrected chi connectivity index (χ4v) is 3.84. The highest BCUT2D eigenvalue weighted by molar-refractivity contribution is 14.0. The van der Waals surface area contributed by atoms with Crippen LogP contribution in [0.25, 0.3) is 11.3 Å². The van der Waals surface area contributed by atoms with E-state index in [4.69, 9.17) is 9.15 Å². The Bertz CT molecular complexity index is 841. The minimum absolute atomic E-state index is 0. The smallest absolute Gasteiger partial charge is 0.251 e. The lowest BCUT2D eigenvalue weighted by Gasteiger charge is -2.37. The molecule has 0 bridgehead atoms.